The third kappa shape index (κ3) is 3.41. The number of nitrogens with zero attached hydrogens (tertiary/aromatic N) is 2. The Morgan fingerprint density at radius 2 is 1.56 bits per heavy atom. The van der Waals surface area contributed by atoms with Gasteiger partial charge >= 0.3 is 0 Å². The Kier molecular flexibility index (Phi) is 6.77. The largest absolute Gasteiger partial charge is 0.310 e. The highest BCUT2D eigenvalue weighted by Crippen LogP contribution is 2.61. The van der Waals surface area contributed by atoms with Crippen molar-refractivity contribution in [1.29, 1.82) is 5.26 Å². The molecule has 1 spiro atoms. The number of allylic oxidation sites excluding steroid dienone is 13. The number of para-hydroxylation sites is 2. The molecule has 0 fully saturated rings. The quantitative estimate of drug-likeness (QED) is 0.301. The minimum atomic E-state index is -0.723. The second-order valence-electron chi connectivity index (χ2n) is 8.63. The van der Waals surface area contributed by atoms with Gasteiger partial charge in [-0.3, -0.25) is 0 Å². The average molecular weight is 467 g/mol. The van der Waals surface area contributed by atoms with Gasteiger partial charge in [0.2, 0.25) is 0 Å². The molecule has 0 N–H and O–H groups in total. The van der Waals surface area contributed by atoms with E-state index in [4.69, 9.17) is 0 Å². The van der Waals surface area contributed by atoms with E-state index in [0.717, 1.165) is 50.5 Å². The van der Waals surface area contributed by atoms with Crippen LogP contribution in [0.4, 0.5) is 11.4 Å². The molecule has 2 aromatic rings. The second-order valence-corrected chi connectivity index (χ2v) is 8.63. The molecule has 1 atom stereocenters. The van der Waals surface area contributed by atoms with Gasteiger partial charge in [0.25, 0.3) is 0 Å². The van der Waals surface area contributed by atoms with Crippen molar-refractivity contribution in [2.24, 2.45) is 0 Å². The summed E-state index contributed by atoms with van der Waals surface area (Å²) in [6.45, 7) is 20.8. The number of anilines is 2. The summed E-state index contributed by atoms with van der Waals surface area (Å²) in [6.07, 6.45) is 13.5. The molecule has 176 valence electrons. The van der Waals surface area contributed by atoms with Crippen molar-refractivity contribution in [3.05, 3.63) is 168 Å². The van der Waals surface area contributed by atoms with E-state index in [9.17, 15) is 5.26 Å². The highest BCUT2D eigenvalue weighted by atomic mass is 15.2. The van der Waals surface area contributed by atoms with E-state index in [1.54, 1.807) is 6.08 Å². The smallest absolute Gasteiger partial charge is 0.0991 e. The summed E-state index contributed by atoms with van der Waals surface area (Å²) in [7, 11) is 0. The van der Waals surface area contributed by atoms with Gasteiger partial charge in [0.1, 0.15) is 0 Å². The van der Waals surface area contributed by atoms with Gasteiger partial charge in [-0.2, -0.15) is 5.26 Å². The van der Waals surface area contributed by atoms with Crippen LogP contribution >= 0.6 is 0 Å². The molecule has 1 aliphatic carbocycles. The number of hydrogen-bond acceptors (Lipinski definition) is 2. The number of fused-ring (bicyclic) bond motifs is 2. The van der Waals surface area contributed by atoms with Gasteiger partial charge in [0.15, 0.2) is 0 Å². The molecule has 2 heteroatoms. The van der Waals surface area contributed by atoms with Gasteiger partial charge in [-0.05, 0) is 77.6 Å². The minimum Gasteiger partial charge on any atom is -0.310 e. The van der Waals surface area contributed by atoms with Crippen LogP contribution in [0, 0.1) is 11.3 Å². The molecule has 4 rings (SSSR count). The lowest BCUT2D eigenvalue weighted by molar-refractivity contribution is 0.725. The van der Waals surface area contributed by atoms with E-state index in [1.807, 2.05) is 55.5 Å². The Morgan fingerprint density at radius 3 is 2.14 bits per heavy atom. The summed E-state index contributed by atoms with van der Waals surface area (Å²) in [5, 5.41) is 9.84. The molecule has 2 aliphatic rings. The predicted octanol–water partition coefficient (Wildman–Crippen LogP) is 8.73. The fraction of sp³-hybridized carbons (Fsp3) is 0.0882. The van der Waals surface area contributed by atoms with Gasteiger partial charge in [0.05, 0.1) is 28.4 Å². The molecule has 0 saturated carbocycles. The molecule has 36 heavy (non-hydrogen) atoms. The van der Waals surface area contributed by atoms with Crippen LogP contribution < -0.4 is 4.90 Å². The summed E-state index contributed by atoms with van der Waals surface area (Å²) in [4.78, 5) is 2.23. The first-order valence-electron chi connectivity index (χ1n) is 11.9. The Labute approximate surface area is 214 Å². The van der Waals surface area contributed by atoms with E-state index in [-0.39, 0.29) is 0 Å². The first kappa shape index (κ1) is 24.5. The Morgan fingerprint density at radius 1 is 0.889 bits per heavy atom. The van der Waals surface area contributed by atoms with Crippen molar-refractivity contribution < 1.29 is 0 Å². The van der Waals surface area contributed by atoms with E-state index < -0.39 is 5.41 Å². The van der Waals surface area contributed by atoms with Crippen LogP contribution in [0.5, 0.6) is 0 Å². The fourth-order valence-corrected chi connectivity index (χ4v) is 5.60. The molecule has 0 bridgehead atoms. The van der Waals surface area contributed by atoms with Gasteiger partial charge in [0, 0.05) is 5.69 Å². The minimum absolute atomic E-state index is 0.500. The number of nitriles is 1. The van der Waals surface area contributed by atoms with Gasteiger partial charge < -0.3 is 4.90 Å². The third-order valence-electron chi connectivity index (χ3n) is 6.97. The van der Waals surface area contributed by atoms with Crippen LogP contribution in [-0.2, 0) is 5.41 Å². The Bertz CT molecular complexity index is 1460. The van der Waals surface area contributed by atoms with Crippen LogP contribution in [0.2, 0.25) is 0 Å². The maximum absolute atomic E-state index is 9.84. The molecule has 0 saturated heterocycles. The molecule has 1 unspecified atom stereocenters. The van der Waals surface area contributed by atoms with E-state index >= 15 is 0 Å². The van der Waals surface area contributed by atoms with Gasteiger partial charge in [-0.1, -0.05) is 93.1 Å². The molecule has 0 aromatic heterocycles. The molecule has 2 nitrogen and oxygen atoms in total. The van der Waals surface area contributed by atoms with Crippen molar-refractivity contribution in [3.63, 3.8) is 0 Å². The normalized spacial score (nSPS) is 19.6. The van der Waals surface area contributed by atoms with Crippen LogP contribution in [-0.4, -0.2) is 0 Å². The molecular weight excluding hydrogens is 436 g/mol. The van der Waals surface area contributed by atoms with E-state index in [0.29, 0.717) is 5.57 Å². The number of hydrogen-bond donors (Lipinski definition) is 0. The monoisotopic (exact) mass is 466 g/mol. The van der Waals surface area contributed by atoms with E-state index in [1.165, 1.54) is 0 Å². The number of benzene rings is 2. The van der Waals surface area contributed by atoms with Crippen LogP contribution in [0.15, 0.2) is 163 Å². The molecule has 0 radical (unpaired) electrons. The van der Waals surface area contributed by atoms with Crippen molar-refractivity contribution in [2.75, 3.05) is 4.90 Å². The molecule has 1 aliphatic heterocycles. The predicted molar refractivity (Wildman–Crippen MR) is 153 cm³/mol. The first-order chi connectivity index (χ1) is 17.5. The maximum Gasteiger partial charge on any atom is 0.0991 e. The molecule has 2 aromatic carbocycles. The second kappa shape index (κ2) is 9.94. The van der Waals surface area contributed by atoms with Gasteiger partial charge in [-0.15, -0.1) is 0 Å². The van der Waals surface area contributed by atoms with Crippen molar-refractivity contribution in [1.82, 2.24) is 0 Å². The average Bonchev–Trinajstić information content (AvgIpc) is 3.14. The SMILES string of the molecule is C=CC1=C(C=C)C2(C(C=C)=C(/C=C\C)C(C)=C2/C=C(/C#N)C=C)c2ccccc2N1c1ccccc1. The first-order valence-corrected chi connectivity index (χ1v) is 11.9. The molecule has 0 amide bonds. The highest BCUT2D eigenvalue weighted by Gasteiger charge is 2.51. The third-order valence-corrected chi connectivity index (χ3v) is 6.97. The summed E-state index contributed by atoms with van der Waals surface area (Å²) < 4.78 is 0. The zero-order valence-electron chi connectivity index (χ0n) is 21.0. The Hall–Kier alpha value is -4.61. The summed E-state index contributed by atoms with van der Waals surface area (Å²) >= 11 is 0. The van der Waals surface area contributed by atoms with Crippen LogP contribution in [0.1, 0.15) is 19.4 Å². The zero-order chi connectivity index (χ0) is 25.9. The van der Waals surface area contributed by atoms with Gasteiger partial charge in [-0.25, -0.2) is 0 Å². The fourth-order valence-electron chi connectivity index (χ4n) is 5.60. The maximum atomic E-state index is 9.84. The summed E-state index contributed by atoms with van der Waals surface area (Å²) in [6, 6.07) is 21.0. The lowest BCUT2D eigenvalue weighted by atomic mass is 9.62. The van der Waals surface area contributed by atoms with Crippen molar-refractivity contribution in [3.8, 4) is 6.07 Å². The molecule has 1 heterocycles. The van der Waals surface area contributed by atoms with Crippen molar-refractivity contribution in [2.45, 2.75) is 19.3 Å². The lowest BCUT2D eigenvalue weighted by Gasteiger charge is -2.46. The van der Waals surface area contributed by atoms with E-state index in [2.05, 4.69) is 86.7 Å². The van der Waals surface area contributed by atoms with Crippen LogP contribution in [0.25, 0.3) is 0 Å². The number of rotatable bonds is 7. The van der Waals surface area contributed by atoms with Crippen molar-refractivity contribution >= 4 is 11.4 Å². The molecular formula is C34H30N2. The standard InChI is InChI=1S/C34H30N2/c1-7-17-27-24(6)31(22-25(8-2)23-35)34(28(27)9-3)29(10-4)32(11-5)36(26-18-13-12-14-19-26)33-21-16-15-20-30(33)34/h7-22H,2-5H2,1,6H3/b17-7-,25-22+. The van der Waals surface area contributed by atoms with Crippen LogP contribution in [0.3, 0.4) is 0 Å². The lowest BCUT2D eigenvalue weighted by Crippen LogP contribution is -2.39. The topological polar surface area (TPSA) is 27.0 Å². The Balaban J connectivity index is 2.27. The zero-order valence-corrected chi connectivity index (χ0v) is 21.0. The summed E-state index contributed by atoms with van der Waals surface area (Å²) in [5.41, 5.74) is 9.11. The highest BCUT2D eigenvalue weighted by molar-refractivity contribution is 5.87. The summed E-state index contributed by atoms with van der Waals surface area (Å²) in [5.74, 6) is 0.